The van der Waals surface area contributed by atoms with Crippen LogP contribution in [0, 0.1) is 0 Å². The Balaban J connectivity index is 1.64. The van der Waals surface area contributed by atoms with Gasteiger partial charge in [-0.1, -0.05) is 170 Å². The fourth-order valence-corrected chi connectivity index (χ4v) is 8.16. The molecule has 0 aliphatic rings. The van der Waals surface area contributed by atoms with Gasteiger partial charge in [-0.2, -0.15) is 0 Å². The zero-order valence-electron chi connectivity index (χ0n) is 23.0. The first-order chi connectivity index (χ1) is 17.7. The van der Waals surface area contributed by atoms with Crippen LogP contribution in [0.25, 0.3) is 0 Å². The number of unbranched alkanes of at least 4 members (excludes halogenated alkanes) is 15. The molecular formula is C33H52NOP. The van der Waals surface area contributed by atoms with Crippen LogP contribution >= 0.6 is 7.92 Å². The van der Waals surface area contributed by atoms with Gasteiger partial charge in [-0.25, -0.2) is 0 Å². The molecule has 0 spiro atoms. The molecule has 1 amide bonds. The lowest BCUT2D eigenvalue weighted by atomic mass is 10.0. The molecule has 0 heterocycles. The van der Waals surface area contributed by atoms with Gasteiger partial charge in [0.1, 0.15) is 0 Å². The van der Waals surface area contributed by atoms with Gasteiger partial charge in [0.05, 0.1) is 0 Å². The van der Waals surface area contributed by atoms with Gasteiger partial charge < -0.3 is 5.73 Å². The maximum absolute atomic E-state index is 12.0. The van der Waals surface area contributed by atoms with Gasteiger partial charge in [-0.05, 0) is 30.6 Å². The van der Waals surface area contributed by atoms with E-state index in [1.807, 2.05) is 0 Å². The zero-order valence-corrected chi connectivity index (χ0v) is 23.9. The van der Waals surface area contributed by atoms with Crippen molar-refractivity contribution in [2.75, 3.05) is 0 Å². The lowest BCUT2D eigenvalue weighted by Gasteiger charge is -2.28. The molecule has 1 atom stereocenters. The van der Waals surface area contributed by atoms with Crippen LogP contribution < -0.4 is 16.3 Å². The average molecular weight is 510 g/mol. The lowest BCUT2D eigenvalue weighted by molar-refractivity contribution is -0.118. The highest BCUT2D eigenvalue weighted by molar-refractivity contribution is 7.73. The highest BCUT2D eigenvalue weighted by Gasteiger charge is 2.25. The van der Waals surface area contributed by atoms with E-state index in [-0.39, 0.29) is 5.91 Å². The minimum atomic E-state index is -0.591. The molecule has 0 aliphatic carbocycles. The molecular weight excluding hydrogens is 457 g/mol. The quantitative estimate of drug-likeness (QED) is 0.125. The summed E-state index contributed by atoms with van der Waals surface area (Å²) in [5.74, 6) is -0.171. The number of nitrogens with two attached hydrogens (primary N) is 1. The Kier molecular flexibility index (Phi) is 17.3. The Morgan fingerprint density at radius 3 is 1.33 bits per heavy atom. The summed E-state index contributed by atoms with van der Waals surface area (Å²) >= 11 is 0. The van der Waals surface area contributed by atoms with Crippen LogP contribution in [0.4, 0.5) is 0 Å². The van der Waals surface area contributed by atoms with Crippen LogP contribution in [0.5, 0.6) is 0 Å². The number of rotatable bonds is 22. The molecule has 0 radical (unpaired) electrons. The third-order valence-corrected chi connectivity index (χ3v) is 10.1. The van der Waals surface area contributed by atoms with Crippen LogP contribution in [-0.4, -0.2) is 11.6 Å². The number of carbonyl (C=O) groups is 1. The first-order valence-corrected chi connectivity index (χ1v) is 16.3. The standard InChI is InChI=1S/C33H52NOP/c1-2-3-4-5-6-7-8-9-10-11-12-13-14-15-16-19-28-32(29-33(34)35)36(30-24-20-17-21-25-30)31-26-22-18-23-27-31/h17-18,20-27,32H,2-16,19,28-29H2,1H3,(H2,34,35). The fraction of sp³-hybridized carbons (Fsp3) is 0.606. The van der Waals surface area contributed by atoms with E-state index in [2.05, 4.69) is 67.6 Å². The van der Waals surface area contributed by atoms with Gasteiger partial charge in [0.25, 0.3) is 0 Å². The van der Waals surface area contributed by atoms with Gasteiger partial charge in [-0.15, -0.1) is 0 Å². The van der Waals surface area contributed by atoms with E-state index in [4.69, 9.17) is 5.73 Å². The van der Waals surface area contributed by atoms with Crippen molar-refractivity contribution < 1.29 is 4.79 Å². The van der Waals surface area contributed by atoms with E-state index in [9.17, 15) is 4.79 Å². The topological polar surface area (TPSA) is 43.1 Å². The van der Waals surface area contributed by atoms with Crippen molar-refractivity contribution in [2.24, 2.45) is 5.73 Å². The van der Waals surface area contributed by atoms with Crippen molar-refractivity contribution in [3.8, 4) is 0 Å². The number of amides is 1. The summed E-state index contributed by atoms with van der Waals surface area (Å²) in [5, 5.41) is 2.70. The van der Waals surface area contributed by atoms with Crippen LogP contribution in [0.15, 0.2) is 60.7 Å². The molecule has 1 unspecified atom stereocenters. The third kappa shape index (κ3) is 13.6. The Morgan fingerprint density at radius 2 is 0.972 bits per heavy atom. The summed E-state index contributed by atoms with van der Waals surface area (Å²) in [6.45, 7) is 2.29. The molecule has 0 bridgehead atoms. The lowest BCUT2D eigenvalue weighted by Crippen LogP contribution is -2.26. The van der Waals surface area contributed by atoms with Crippen LogP contribution in [-0.2, 0) is 4.79 Å². The maximum Gasteiger partial charge on any atom is 0.218 e. The van der Waals surface area contributed by atoms with Crippen molar-refractivity contribution in [3.05, 3.63) is 60.7 Å². The minimum Gasteiger partial charge on any atom is -0.370 e. The summed E-state index contributed by atoms with van der Waals surface area (Å²) in [5.41, 5.74) is 6.03. The monoisotopic (exact) mass is 509 g/mol. The molecule has 2 aromatic rings. The normalized spacial score (nSPS) is 12.2. The van der Waals surface area contributed by atoms with Crippen molar-refractivity contribution in [3.63, 3.8) is 0 Å². The zero-order chi connectivity index (χ0) is 25.7. The Labute approximate surface area is 223 Å². The second kappa shape index (κ2) is 20.4. The van der Waals surface area contributed by atoms with E-state index >= 15 is 0 Å². The first kappa shape index (κ1) is 30.6. The summed E-state index contributed by atoms with van der Waals surface area (Å²) in [4.78, 5) is 12.0. The molecule has 3 heteroatoms. The number of carbonyl (C=O) groups excluding carboxylic acids is 1. The van der Waals surface area contributed by atoms with Gasteiger partial charge in [0.2, 0.25) is 5.91 Å². The Hall–Kier alpha value is -1.66. The highest BCUT2D eigenvalue weighted by Crippen LogP contribution is 2.43. The van der Waals surface area contributed by atoms with Gasteiger partial charge in [0.15, 0.2) is 0 Å². The van der Waals surface area contributed by atoms with Crippen LogP contribution in [0.2, 0.25) is 0 Å². The molecule has 2 N–H and O–H groups in total. The summed E-state index contributed by atoms with van der Waals surface area (Å²) in [7, 11) is -0.591. The number of primary amides is 1. The largest absolute Gasteiger partial charge is 0.370 e. The van der Waals surface area contributed by atoms with Crippen molar-refractivity contribution >= 4 is 24.4 Å². The third-order valence-electron chi connectivity index (χ3n) is 7.26. The second-order valence-corrected chi connectivity index (χ2v) is 13.0. The second-order valence-electron chi connectivity index (χ2n) is 10.5. The summed E-state index contributed by atoms with van der Waals surface area (Å²) < 4.78 is 0. The molecule has 2 nitrogen and oxygen atoms in total. The number of hydrogen-bond donors (Lipinski definition) is 1. The number of hydrogen-bond acceptors (Lipinski definition) is 1. The van der Waals surface area contributed by atoms with E-state index in [1.165, 1.54) is 113 Å². The molecule has 0 fully saturated rings. The van der Waals surface area contributed by atoms with Gasteiger partial charge in [-0.3, -0.25) is 4.79 Å². The van der Waals surface area contributed by atoms with E-state index in [0.29, 0.717) is 12.1 Å². The SMILES string of the molecule is CCCCCCCCCCCCCCCCCCC(CC(N)=O)P(c1ccccc1)c1ccccc1. The van der Waals surface area contributed by atoms with Crippen molar-refractivity contribution in [1.29, 1.82) is 0 Å². The van der Waals surface area contributed by atoms with Gasteiger partial charge in [0, 0.05) is 6.42 Å². The molecule has 0 saturated heterocycles. The Morgan fingerprint density at radius 1 is 0.611 bits per heavy atom. The average Bonchev–Trinajstić information content (AvgIpc) is 2.89. The molecule has 36 heavy (non-hydrogen) atoms. The molecule has 0 aromatic heterocycles. The molecule has 0 aliphatic heterocycles. The highest BCUT2D eigenvalue weighted by atomic mass is 31.1. The van der Waals surface area contributed by atoms with Crippen molar-refractivity contribution in [2.45, 2.75) is 128 Å². The molecule has 0 saturated carbocycles. The van der Waals surface area contributed by atoms with Gasteiger partial charge >= 0.3 is 0 Å². The molecule has 2 rings (SSSR count). The maximum atomic E-state index is 12.0. The fourth-order valence-electron chi connectivity index (χ4n) is 5.23. The predicted molar refractivity (Wildman–Crippen MR) is 161 cm³/mol. The minimum absolute atomic E-state index is 0.171. The molecule has 2 aromatic carbocycles. The Bertz CT molecular complexity index is 739. The first-order valence-electron chi connectivity index (χ1n) is 14.9. The van der Waals surface area contributed by atoms with Crippen LogP contribution in [0.1, 0.15) is 122 Å². The summed E-state index contributed by atoms with van der Waals surface area (Å²) in [6, 6.07) is 21.5. The van der Waals surface area contributed by atoms with Crippen LogP contribution in [0.3, 0.4) is 0 Å². The van der Waals surface area contributed by atoms with E-state index < -0.39 is 7.92 Å². The predicted octanol–water partition coefficient (Wildman–Crippen LogP) is 9.01. The number of benzene rings is 2. The molecule has 200 valence electrons. The van der Waals surface area contributed by atoms with E-state index in [0.717, 1.165) is 6.42 Å². The van der Waals surface area contributed by atoms with E-state index in [1.54, 1.807) is 0 Å². The smallest absolute Gasteiger partial charge is 0.218 e. The van der Waals surface area contributed by atoms with Crippen molar-refractivity contribution in [1.82, 2.24) is 0 Å². The summed E-state index contributed by atoms with van der Waals surface area (Å²) in [6.07, 6.45) is 23.7.